The molecule has 19 heavy (non-hydrogen) atoms. The number of carbonyl (C=O) groups excluding carboxylic acids is 1. The third-order valence-corrected chi connectivity index (χ3v) is 2.65. The number of benzene rings is 1. The molecule has 1 rings (SSSR count). The molecule has 0 radical (unpaired) electrons. The van der Waals surface area contributed by atoms with Crippen molar-refractivity contribution in [3.05, 3.63) is 23.3 Å². The summed E-state index contributed by atoms with van der Waals surface area (Å²) in [7, 11) is 2.60. The number of ether oxygens (including phenoxy) is 2. The van der Waals surface area contributed by atoms with Gasteiger partial charge in [0.15, 0.2) is 17.3 Å². The monoisotopic (exact) mass is 273 g/mol. The van der Waals surface area contributed by atoms with Crippen molar-refractivity contribution < 1.29 is 23.0 Å². The largest absolute Gasteiger partial charge is 0.493 e. The highest BCUT2D eigenvalue weighted by Gasteiger charge is 2.31. The van der Waals surface area contributed by atoms with E-state index in [0.717, 1.165) is 13.0 Å². The summed E-state index contributed by atoms with van der Waals surface area (Å²) >= 11 is 0. The molecule has 0 aliphatic carbocycles. The Morgan fingerprint density at radius 3 is 2.37 bits per heavy atom. The number of alkyl halides is 2. The van der Waals surface area contributed by atoms with Gasteiger partial charge in [-0.15, -0.1) is 0 Å². The lowest BCUT2D eigenvalue weighted by Crippen LogP contribution is -2.14. The maximum absolute atomic E-state index is 13.6. The Morgan fingerprint density at radius 2 is 1.95 bits per heavy atom. The Morgan fingerprint density at radius 1 is 1.32 bits per heavy atom. The zero-order valence-corrected chi connectivity index (χ0v) is 11.1. The fourth-order valence-corrected chi connectivity index (χ4v) is 1.73. The Bertz CT molecular complexity index is 470. The number of nitrogens with two attached hydrogens (primary N) is 1. The van der Waals surface area contributed by atoms with Crippen molar-refractivity contribution in [3.63, 3.8) is 0 Å². The van der Waals surface area contributed by atoms with Gasteiger partial charge in [-0.05, 0) is 18.7 Å². The molecule has 0 fully saturated rings. The zero-order chi connectivity index (χ0) is 14.6. The van der Waals surface area contributed by atoms with Crippen LogP contribution in [0.25, 0.3) is 0 Å². The molecule has 0 saturated heterocycles. The molecular weight excluding hydrogens is 256 g/mol. The summed E-state index contributed by atoms with van der Waals surface area (Å²) in [6, 6.07) is 2.51. The molecule has 0 atom stereocenters. The molecule has 2 N–H and O–H groups in total. The van der Waals surface area contributed by atoms with Gasteiger partial charge in [0, 0.05) is 18.9 Å². The first kappa shape index (κ1) is 15.4. The van der Waals surface area contributed by atoms with Crippen molar-refractivity contribution in [2.24, 2.45) is 5.73 Å². The van der Waals surface area contributed by atoms with Gasteiger partial charge in [-0.2, -0.15) is 0 Å². The van der Waals surface area contributed by atoms with E-state index in [1.807, 2.05) is 0 Å². The second kappa shape index (κ2) is 5.97. The van der Waals surface area contributed by atoms with Crippen LogP contribution in [0.5, 0.6) is 11.5 Å². The quantitative estimate of drug-likeness (QED) is 0.808. The Labute approximate surface area is 110 Å². The average molecular weight is 273 g/mol. The molecule has 0 heterocycles. The van der Waals surface area contributed by atoms with Crippen molar-refractivity contribution >= 4 is 5.78 Å². The Balaban J connectivity index is 3.43. The summed E-state index contributed by atoms with van der Waals surface area (Å²) in [5, 5.41) is 0. The smallest absolute Gasteiger partial charge is 0.274 e. The van der Waals surface area contributed by atoms with Gasteiger partial charge in [-0.1, -0.05) is 0 Å². The molecule has 106 valence electrons. The first-order chi connectivity index (χ1) is 8.85. The minimum atomic E-state index is -3.14. The van der Waals surface area contributed by atoms with Gasteiger partial charge in [0.25, 0.3) is 5.92 Å². The molecule has 1 aromatic rings. The lowest BCUT2D eigenvalue weighted by Gasteiger charge is -2.18. The third kappa shape index (κ3) is 3.41. The number of hydrogen-bond acceptors (Lipinski definition) is 4. The SMILES string of the molecule is COc1cc(C(=O)CCN)cc(C(C)(F)F)c1OC. The van der Waals surface area contributed by atoms with Crippen LogP contribution in [0.1, 0.15) is 29.3 Å². The number of Topliss-reactive ketones (excluding diaryl/α,β-unsaturated/α-hetero) is 1. The molecular formula is C13H17F2NO3. The lowest BCUT2D eigenvalue weighted by atomic mass is 10.00. The van der Waals surface area contributed by atoms with Crippen molar-refractivity contribution in [1.29, 1.82) is 0 Å². The number of methoxy groups -OCH3 is 2. The molecule has 0 aromatic heterocycles. The van der Waals surface area contributed by atoms with Gasteiger partial charge in [-0.3, -0.25) is 4.79 Å². The van der Waals surface area contributed by atoms with Crippen molar-refractivity contribution in [2.75, 3.05) is 20.8 Å². The van der Waals surface area contributed by atoms with E-state index in [1.54, 1.807) is 0 Å². The maximum atomic E-state index is 13.6. The van der Waals surface area contributed by atoms with E-state index >= 15 is 0 Å². The summed E-state index contributed by atoms with van der Waals surface area (Å²) in [6.07, 6.45) is 0.0875. The topological polar surface area (TPSA) is 61.5 Å². The van der Waals surface area contributed by atoms with Crippen LogP contribution in [-0.4, -0.2) is 26.5 Å². The number of carbonyl (C=O) groups is 1. The van der Waals surface area contributed by atoms with E-state index in [0.29, 0.717) is 0 Å². The van der Waals surface area contributed by atoms with Crippen molar-refractivity contribution in [1.82, 2.24) is 0 Å². The summed E-state index contributed by atoms with van der Waals surface area (Å²) in [6.45, 7) is 0.895. The maximum Gasteiger partial charge on any atom is 0.274 e. The Kier molecular flexibility index (Phi) is 4.83. The van der Waals surface area contributed by atoms with Crippen LogP contribution < -0.4 is 15.2 Å². The van der Waals surface area contributed by atoms with E-state index in [2.05, 4.69) is 0 Å². The highest BCUT2D eigenvalue weighted by Crippen LogP contribution is 2.41. The average Bonchev–Trinajstić information content (AvgIpc) is 2.36. The molecule has 0 unspecified atom stereocenters. The normalized spacial score (nSPS) is 11.3. The minimum absolute atomic E-state index is 0.0701. The van der Waals surface area contributed by atoms with Gasteiger partial charge in [0.1, 0.15) is 0 Å². The predicted octanol–water partition coefficient (Wildman–Crippen LogP) is 2.35. The van der Waals surface area contributed by atoms with Crippen LogP contribution in [0, 0.1) is 0 Å². The molecule has 6 heteroatoms. The Hall–Kier alpha value is -1.69. The van der Waals surface area contributed by atoms with Gasteiger partial charge in [0.2, 0.25) is 0 Å². The predicted molar refractivity (Wildman–Crippen MR) is 67.1 cm³/mol. The molecule has 4 nitrogen and oxygen atoms in total. The van der Waals surface area contributed by atoms with E-state index in [4.69, 9.17) is 15.2 Å². The molecule has 1 aromatic carbocycles. The van der Waals surface area contributed by atoms with E-state index < -0.39 is 5.92 Å². The molecule has 0 amide bonds. The second-order valence-electron chi connectivity index (χ2n) is 4.11. The molecule has 0 spiro atoms. The van der Waals surface area contributed by atoms with Crippen LogP contribution in [0.3, 0.4) is 0 Å². The number of halogens is 2. The van der Waals surface area contributed by atoms with Crippen LogP contribution in [0.15, 0.2) is 12.1 Å². The van der Waals surface area contributed by atoms with Crippen LogP contribution in [-0.2, 0) is 5.92 Å². The summed E-state index contributed by atoms with van der Waals surface area (Å²) < 4.78 is 37.1. The van der Waals surface area contributed by atoms with Crippen LogP contribution >= 0.6 is 0 Å². The second-order valence-corrected chi connectivity index (χ2v) is 4.11. The highest BCUT2D eigenvalue weighted by atomic mass is 19.3. The summed E-state index contributed by atoms with van der Waals surface area (Å²) in [5.41, 5.74) is 5.05. The van der Waals surface area contributed by atoms with E-state index in [9.17, 15) is 13.6 Å². The van der Waals surface area contributed by atoms with Gasteiger partial charge < -0.3 is 15.2 Å². The number of rotatable bonds is 6. The lowest BCUT2D eigenvalue weighted by molar-refractivity contribution is 0.0147. The first-order valence-electron chi connectivity index (χ1n) is 5.72. The summed E-state index contributed by atoms with van der Waals surface area (Å²) in [4.78, 5) is 11.8. The molecule has 0 saturated carbocycles. The van der Waals surface area contributed by atoms with Gasteiger partial charge >= 0.3 is 0 Å². The summed E-state index contributed by atoms with van der Waals surface area (Å²) in [5.74, 6) is -3.42. The molecule has 0 aliphatic rings. The van der Waals surface area contributed by atoms with E-state index in [1.165, 1.54) is 20.3 Å². The van der Waals surface area contributed by atoms with Crippen LogP contribution in [0.2, 0.25) is 0 Å². The van der Waals surface area contributed by atoms with Crippen molar-refractivity contribution in [3.8, 4) is 11.5 Å². The third-order valence-electron chi connectivity index (χ3n) is 2.65. The van der Waals surface area contributed by atoms with Gasteiger partial charge in [0.05, 0.1) is 19.8 Å². The van der Waals surface area contributed by atoms with Crippen LogP contribution in [0.4, 0.5) is 8.78 Å². The fraction of sp³-hybridized carbons (Fsp3) is 0.462. The standard InChI is InChI=1S/C13H17F2NO3/c1-13(14,15)9-6-8(10(17)4-5-16)7-11(18-2)12(9)19-3/h6-7H,4-5,16H2,1-3H3. The number of hydrogen-bond donors (Lipinski definition) is 1. The van der Waals surface area contributed by atoms with E-state index in [-0.39, 0.29) is 41.4 Å². The number of ketones is 1. The molecule has 0 aliphatic heterocycles. The first-order valence-corrected chi connectivity index (χ1v) is 5.72. The zero-order valence-electron chi connectivity index (χ0n) is 11.1. The highest BCUT2D eigenvalue weighted by molar-refractivity contribution is 5.97. The molecule has 0 bridgehead atoms. The van der Waals surface area contributed by atoms with Crippen molar-refractivity contribution in [2.45, 2.75) is 19.3 Å². The minimum Gasteiger partial charge on any atom is -0.493 e. The van der Waals surface area contributed by atoms with Gasteiger partial charge in [-0.25, -0.2) is 8.78 Å². The fourth-order valence-electron chi connectivity index (χ4n) is 1.73.